The molecule has 0 aromatic heterocycles. The molecule has 0 aliphatic heterocycles. The van der Waals surface area contributed by atoms with Crippen LogP contribution in [0.3, 0.4) is 0 Å². The van der Waals surface area contributed by atoms with E-state index in [4.69, 9.17) is 5.73 Å². The number of hydrogen-bond acceptors (Lipinski definition) is 5. The highest BCUT2D eigenvalue weighted by molar-refractivity contribution is 7.92. The standard InChI is InChI=1S/C6H11NO4S2/c1-11-6(8)4-13(9,10)3-2-5(7)12/h2-4H2,1H3,(H2,7,12). The van der Waals surface area contributed by atoms with Gasteiger partial charge in [0.2, 0.25) is 0 Å². The van der Waals surface area contributed by atoms with E-state index in [0.29, 0.717) is 0 Å². The van der Waals surface area contributed by atoms with E-state index in [2.05, 4.69) is 17.0 Å². The molecule has 2 N–H and O–H groups in total. The minimum Gasteiger partial charge on any atom is -0.468 e. The second-order valence-corrected chi connectivity index (χ2v) is 5.09. The van der Waals surface area contributed by atoms with Crippen molar-refractivity contribution in [2.24, 2.45) is 5.73 Å². The maximum Gasteiger partial charge on any atom is 0.320 e. The van der Waals surface area contributed by atoms with Gasteiger partial charge in [0.1, 0.15) is 5.75 Å². The summed E-state index contributed by atoms with van der Waals surface area (Å²) in [5, 5.41) is 0. The maximum atomic E-state index is 11.1. The van der Waals surface area contributed by atoms with Gasteiger partial charge in [-0.3, -0.25) is 4.79 Å². The monoisotopic (exact) mass is 225 g/mol. The number of nitrogens with two attached hydrogens (primary N) is 1. The molecule has 76 valence electrons. The van der Waals surface area contributed by atoms with Crippen LogP contribution >= 0.6 is 12.2 Å². The molecule has 0 heterocycles. The van der Waals surface area contributed by atoms with Crippen molar-refractivity contribution in [1.82, 2.24) is 0 Å². The Hall–Kier alpha value is -0.690. The third-order valence-corrected chi connectivity index (χ3v) is 2.93. The van der Waals surface area contributed by atoms with Crippen molar-refractivity contribution in [2.75, 3.05) is 18.6 Å². The van der Waals surface area contributed by atoms with E-state index in [0.717, 1.165) is 7.11 Å². The van der Waals surface area contributed by atoms with E-state index in [1.165, 1.54) is 0 Å². The first-order chi connectivity index (χ1) is 5.87. The number of methoxy groups -OCH3 is 1. The normalized spacial score (nSPS) is 10.8. The van der Waals surface area contributed by atoms with Gasteiger partial charge in [-0.2, -0.15) is 0 Å². The minimum absolute atomic E-state index is 0.0919. The van der Waals surface area contributed by atoms with Crippen molar-refractivity contribution < 1.29 is 17.9 Å². The molecular weight excluding hydrogens is 214 g/mol. The summed E-state index contributed by atoms with van der Waals surface area (Å²) in [6.45, 7) is 0. The maximum absolute atomic E-state index is 11.1. The van der Waals surface area contributed by atoms with Gasteiger partial charge in [0.25, 0.3) is 0 Å². The Bertz CT molecular complexity index is 296. The fourth-order valence-corrected chi connectivity index (χ4v) is 1.95. The van der Waals surface area contributed by atoms with Gasteiger partial charge in [-0.15, -0.1) is 0 Å². The van der Waals surface area contributed by atoms with Crippen LogP contribution in [0, 0.1) is 0 Å². The highest BCUT2D eigenvalue weighted by atomic mass is 32.2. The van der Waals surface area contributed by atoms with Crippen LogP contribution in [-0.2, 0) is 19.4 Å². The smallest absolute Gasteiger partial charge is 0.320 e. The topological polar surface area (TPSA) is 86.5 Å². The number of esters is 1. The van der Waals surface area contributed by atoms with Gasteiger partial charge in [-0.05, 0) is 0 Å². The van der Waals surface area contributed by atoms with Crippen molar-refractivity contribution in [2.45, 2.75) is 6.42 Å². The molecule has 0 aromatic rings. The van der Waals surface area contributed by atoms with Gasteiger partial charge in [0.05, 0.1) is 17.9 Å². The van der Waals surface area contributed by atoms with E-state index in [9.17, 15) is 13.2 Å². The Morgan fingerprint density at radius 1 is 1.54 bits per heavy atom. The first-order valence-corrected chi connectivity index (χ1v) is 5.66. The average molecular weight is 225 g/mol. The van der Waals surface area contributed by atoms with Crippen molar-refractivity contribution in [3.8, 4) is 0 Å². The molecular formula is C6H11NO4S2. The van der Waals surface area contributed by atoms with Gasteiger partial charge < -0.3 is 10.5 Å². The van der Waals surface area contributed by atoms with Crippen molar-refractivity contribution >= 4 is 33.0 Å². The number of sulfone groups is 1. The van der Waals surface area contributed by atoms with E-state index in [-0.39, 0.29) is 17.2 Å². The third kappa shape index (κ3) is 6.47. The molecule has 0 fully saturated rings. The lowest BCUT2D eigenvalue weighted by molar-refractivity contribution is -0.137. The molecule has 7 heteroatoms. The highest BCUT2D eigenvalue weighted by Gasteiger charge is 2.16. The van der Waals surface area contributed by atoms with Crippen LogP contribution in [0.2, 0.25) is 0 Å². The number of rotatable bonds is 5. The van der Waals surface area contributed by atoms with Gasteiger partial charge in [-0.25, -0.2) is 8.42 Å². The summed E-state index contributed by atoms with van der Waals surface area (Å²) < 4.78 is 26.4. The van der Waals surface area contributed by atoms with Gasteiger partial charge in [0.15, 0.2) is 9.84 Å². The SMILES string of the molecule is COC(=O)CS(=O)(=O)CCC(N)=S. The summed E-state index contributed by atoms with van der Waals surface area (Å²) >= 11 is 4.50. The largest absolute Gasteiger partial charge is 0.468 e. The van der Waals surface area contributed by atoms with E-state index < -0.39 is 21.6 Å². The Kier molecular flexibility index (Phi) is 4.86. The summed E-state index contributed by atoms with van der Waals surface area (Å²) in [5.41, 5.74) is 5.11. The molecule has 0 saturated heterocycles. The third-order valence-electron chi connectivity index (χ3n) is 1.22. The highest BCUT2D eigenvalue weighted by Crippen LogP contribution is 1.95. The first kappa shape index (κ1) is 12.3. The van der Waals surface area contributed by atoms with Crippen molar-refractivity contribution in [3.63, 3.8) is 0 Å². The zero-order valence-corrected chi connectivity index (χ0v) is 8.78. The Morgan fingerprint density at radius 3 is 2.46 bits per heavy atom. The predicted octanol–water partition coefficient (Wildman–Crippen LogP) is -0.750. The predicted molar refractivity (Wildman–Crippen MR) is 52.1 cm³/mol. The molecule has 0 atom stereocenters. The summed E-state index contributed by atoms with van der Waals surface area (Å²) in [7, 11) is -2.30. The molecule has 0 bridgehead atoms. The molecule has 0 amide bonds. The van der Waals surface area contributed by atoms with Crippen LogP contribution in [0.15, 0.2) is 0 Å². The first-order valence-electron chi connectivity index (χ1n) is 3.43. The molecule has 0 spiro atoms. The van der Waals surface area contributed by atoms with Crippen molar-refractivity contribution in [3.05, 3.63) is 0 Å². The molecule has 0 radical (unpaired) electrons. The van der Waals surface area contributed by atoms with E-state index in [1.807, 2.05) is 0 Å². The van der Waals surface area contributed by atoms with Crippen LogP contribution in [0.25, 0.3) is 0 Å². The molecule has 5 nitrogen and oxygen atoms in total. The number of carbonyl (C=O) groups excluding carboxylic acids is 1. The molecule has 0 aliphatic carbocycles. The summed E-state index contributed by atoms with van der Waals surface area (Å²) in [4.78, 5) is 10.7. The average Bonchev–Trinajstić information content (AvgIpc) is 2.00. The summed E-state index contributed by atoms with van der Waals surface area (Å²) in [6, 6.07) is 0. The van der Waals surface area contributed by atoms with Gasteiger partial charge in [-0.1, -0.05) is 12.2 Å². The van der Waals surface area contributed by atoms with E-state index in [1.54, 1.807) is 0 Å². The fraction of sp³-hybridized carbons (Fsp3) is 0.667. The lowest BCUT2D eigenvalue weighted by Gasteiger charge is -2.01. The Morgan fingerprint density at radius 2 is 2.08 bits per heavy atom. The molecule has 0 saturated carbocycles. The molecule has 0 rings (SSSR count). The zero-order chi connectivity index (χ0) is 10.5. The van der Waals surface area contributed by atoms with Crippen molar-refractivity contribution in [1.29, 1.82) is 0 Å². The number of hydrogen-bond donors (Lipinski definition) is 1. The minimum atomic E-state index is -3.43. The quantitative estimate of drug-likeness (QED) is 0.489. The lowest BCUT2D eigenvalue weighted by Crippen LogP contribution is -2.22. The number of ether oxygens (including phenoxy) is 1. The summed E-state index contributed by atoms with van der Waals surface area (Å²) in [6.07, 6.45) is 0.0919. The summed E-state index contributed by atoms with van der Waals surface area (Å²) in [5.74, 6) is -1.60. The van der Waals surface area contributed by atoms with Crippen LogP contribution in [0.1, 0.15) is 6.42 Å². The van der Waals surface area contributed by atoms with Crippen LogP contribution < -0.4 is 5.73 Å². The van der Waals surface area contributed by atoms with Crippen LogP contribution in [-0.4, -0.2) is 38.0 Å². The van der Waals surface area contributed by atoms with Crippen LogP contribution in [0.4, 0.5) is 0 Å². The second-order valence-electron chi connectivity index (χ2n) is 2.38. The zero-order valence-electron chi connectivity index (χ0n) is 7.15. The molecule has 13 heavy (non-hydrogen) atoms. The fourth-order valence-electron chi connectivity index (χ4n) is 0.567. The van der Waals surface area contributed by atoms with E-state index >= 15 is 0 Å². The molecule has 0 unspecified atom stereocenters. The lowest BCUT2D eigenvalue weighted by atomic mass is 10.5. The Balaban J connectivity index is 4.10. The number of carbonyl (C=O) groups is 1. The second kappa shape index (κ2) is 5.13. The number of thiocarbonyl (C=S) groups is 1. The molecule has 0 aromatic carbocycles. The Labute approximate surface area is 82.2 Å². The van der Waals surface area contributed by atoms with Gasteiger partial charge in [0, 0.05) is 6.42 Å². The molecule has 0 aliphatic rings. The van der Waals surface area contributed by atoms with Gasteiger partial charge >= 0.3 is 5.97 Å². The van der Waals surface area contributed by atoms with Crippen LogP contribution in [0.5, 0.6) is 0 Å².